The lowest BCUT2D eigenvalue weighted by molar-refractivity contribution is -0.137. The maximum atomic E-state index is 10.3. The smallest absolute Gasteiger partial charge is 0.303 e. The fraction of sp³-hybridized carbons (Fsp3) is 0.722. The van der Waals surface area contributed by atoms with Crippen LogP contribution in [0, 0.1) is 0 Å². The van der Waals surface area contributed by atoms with Crippen molar-refractivity contribution in [2.24, 2.45) is 0 Å². The molecular formula is C18H32O2. The van der Waals surface area contributed by atoms with Crippen molar-refractivity contribution in [2.45, 2.75) is 84.0 Å². The normalized spacial score (nSPS) is 11.7. The van der Waals surface area contributed by atoms with E-state index in [-0.39, 0.29) is 0 Å². The largest absolute Gasteiger partial charge is 0.481 e. The monoisotopic (exact) mass is 280 g/mol. The molecule has 0 aromatic rings. The van der Waals surface area contributed by atoms with Gasteiger partial charge in [0, 0.05) is 6.42 Å². The first-order valence-corrected chi connectivity index (χ1v) is 8.29. The predicted octanol–water partition coefficient (Wildman–Crippen LogP) is 5.88. The molecule has 0 rings (SSSR count). The summed E-state index contributed by atoms with van der Waals surface area (Å²) in [5.41, 5.74) is 0. The Morgan fingerprint density at radius 1 is 0.800 bits per heavy atom. The molecule has 0 aliphatic carbocycles. The molecule has 0 aliphatic rings. The topological polar surface area (TPSA) is 37.3 Å². The van der Waals surface area contributed by atoms with Gasteiger partial charge in [-0.15, -0.1) is 0 Å². The van der Waals surface area contributed by atoms with Crippen LogP contribution in [0.4, 0.5) is 0 Å². The van der Waals surface area contributed by atoms with Crippen LogP contribution < -0.4 is 0 Å². The van der Waals surface area contributed by atoms with Crippen molar-refractivity contribution in [3.05, 3.63) is 24.3 Å². The first-order valence-electron chi connectivity index (χ1n) is 8.29. The van der Waals surface area contributed by atoms with Crippen LogP contribution in [-0.4, -0.2) is 11.1 Å². The fourth-order valence-corrected chi connectivity index (χ4v) is 2.15. The summed E-state index contributed by atoms with van der Waals surface area (Å²) in [6.07, 6.45) is 22.3. The second kappa shape index (κ2) is 16.0. The van der Waals surface area contributed by atoms with E-state index in [4.69, 9.17) is 5.11 Å². The first kappa shape index (κ1) is 18.9. The molecule has 0 radical (unpaired) electrons. The molecule has 0 bridgehead atoms. The number of carbonyl (C=O) groups is 1. The minimum atomic E-state index is -0.664. The number of hydrogen-bond acceptors (Lipinski definition) is 1. The van der Waals surface area contributed by atoms with E-state index in [9.17, 15) is 4.79 Å². The third kappa shape index (κ3) is 16.9. The van der Waals surface area contributed by atoms with Crippen molar-refractivity contribution >= 4 is 5.97 Å². The molecule has 0 fully saturated rings. The van der Waals surface area contributed by atoms with Crippen molar-refractivity contribution in [1.29, 1.82) is 0 Å². The van der Waals surface area contributed by atoms with E-state index < -0.39 is 5.97 Å². The molecule has 0 amide bonds. The zero-order valence-corrected chi connectivity index (χ0v) is 13.2. The Balaban J connectivity index is 3.09. The summed E-state index contributed by atoms with van der Waals surface area (Å²) in [5.74, 6) is -0.664. The third-order valence-corrected chi connectivity index (χ3v) is 3.35. The molecule has 1 N–H and O–H groups in total. The Labute approximate surface area is 125 Å². The number of allylic oxidation sites excluding steroid dienone is 4. The highest BCUT2D eigenvalue weighted by atomic mass is 16.4. The fourth-order valence-electron chi connectivity index (χ4n) is 2.15. The van der Waals surface area contributed by atoms with Crippen LogP contribution in [0.5, 0.6) is 0 Å². The van der Waals surface area contributed by atoms with Gasteiger partial charge in [0.2, 0.25) is 0 Å². The quantitative estimate of drug-likeness (QED) is 0.318. The molecule has 0 saturated carbocycles. The maximum Gasteiger partial charge on any atom is 0.303 e. The second-order valence-corrected chi connectivity index (χ2v) is 5.35. The molecule has 0 spiro atoms. The number of carboxylic acids is 1. The Morgan fingerprint density at radius 2 is 1.35 bits per heavy atom. The Kier molecular flexibility index (Phi) is 15.2. The number of unbranched alkanes of at least 4 members (excludes halogenated alkanes) is 8. The molecule has 20 heavy (non-hydrogen) atoms. The van der Waals surface area contributed by atoms with Crippen molar-refractivity contribution in [3.63, 3.8) is 0 Å². The van der Waals surface area contributed by atoms with Crippen LogP contribution >= 0.6 is 0 Å². The molecule has 0 saturated heterocycles. The number of hydrogen-bond donors (Lipinski definition) is 1. The maximum absolute atomic E-state index is 10.3. The van der Waals surface area contributed by atoms with Gasteiger partial charge in [-0.05, 0) is 32.1 Å². The molecule has 0 aromatic heterocycles. The van der Waals surface area contributed by atoms with Crippen LogP contribution in [0.25, 0.3) is 0 Å². The highest BCUT2D eigenvalue weighted by molar-refractivity contribution is 5.66. The molecule has 0 unspecified atom stereocenters. The van der Waals surface area contributed by atoms with Crippen molar-refractivity contribution < 1.29 is 9.90 Å². The molecule has 0 atom stereocenters. The average Bonchev–Trinajstić information content (AvgIpc) is 2.43. The number of aliphatic carboxylic acids is 1. The lowest BCUT2D eigenvalue weighted by Crippen LogP contribution is -1.93. The summed E-state index contributed by atoms with van der Waals surface area (Å²) in [6.45, 7) is 2.16. The van der Waals surface area contributed by atoms with E-state index in [2.05, 4.69) is 31.2 Å². The predicted molar refractivity (Wildman–Crippen MR) is 87.0 cm³/mol. The Bertz CT molecular complexity index is 267. The van der Waals surface area contributed by atoms with Gasteiger partial charge >= 0.3 is 5.97 Å². The first-order chi connectivity index (χ1) is 9.77. The SMILES string of the molecule is CC/C=C\CC=CCCCCCCCCCCC(=O)O. The highest BCUT2D eigenvalue weighted by Crippen LogP contribution is 2.10. The van der Waals surface area contributed by atoms with E-state index in [0.717, 1.165) is 25.7 Å². The van der Waals surface area contributed by atoms with E-state index >= 15 is 0 Å². The van der Waals surface area contributed by atoms with Gasteiger partial charge in [-0.3, -0.25) is 4.79 Å². The van der Waals surface area contributed by atoms with Gasteiger partial charge in [-0.25, -0.2) is 0 Å². The number of rotatable bonds is 14. The summed E-state index contributed by atoms with van der Waals surface area (Å²) in [6, 6.07) is 0. The molecular weight excluding hydrogens is 248 g/mol. The van der Waals surface area contributed by atoms with Gasteiger partial charge in [-0.1, -0.05) is 69.8 Å². The molecule has 2 nitrogen and oxygen atoms in total. The van der Waals surface area contributed by atoms with Gasteiger partial charge in [0.05, 0.1) is 0 Å². The highest BCUT2D eigenvalue weighted by Gasteiger charge is 1.96. The molecule has 116 valence electrons. The Morgan fingerprint density at radius 3 is 1.95 bits per heavy atom. The lowest BCUT2D eigenvalue weighted by atomic mass is 10.1. The summed E-state index contributed by atoms with van der Waals surface area (Å²) in [7, 11) is 0. The van der Waals surface area contributed by atoms with Crippen LogP contribution in [0.15, 0.2) is 24.3 Å². The summed E-state index contributed by atoms with van der Waals surface area (Å²) < 4.78 is 0. The molecule has 0 heterocycles. The van der Waals surface area contributed by atoms with Crippen LogP contribution in [0.1, 0.15) is 84.0 Å². The minimum Gasteiger partial charge on any atom is -0.481 e. The third-order valence-electron chi connectivity index (χ3n) is 3.35. The molecule has 2 heteroatoms. The minimum absolute atomic E-state index is 0.333. The molecule has 0 aliphatic heterocycles. The second-order valence-electron chi connectivity index (χ2n) is 5.35. The van der Waals surface area contributed by atoms with Gasteiger partial charge in [0.1, 0.15) is 0 Å². The summed E-state index contributed by atoms with van der Waals surface area (Å²) in [5, 5.41) is 8.51. The van der Waals surface area contributed by atoms with Crippen LogP contribution in [0.2, 0.25) is 0 Å². The van der Waals surface area contributed by atoms with Crippen molar-refractivity contribution in [2.75, 3.05) is 0 Å². The van der Waals surface area contributed by atoms with Gasteiger partial charge in [-0.2, -0.15) is 0 Å². The summed E-state index contributed by atoms with van der Waals surface area (Å²) >= 11 is 0. The number of carboxylic acid groups (broad SMARTS) is 1. The van der Waals surface area contributed by atoms with E-state index in [1.807, 2.05) is 0 Å². The van der Waals surface area contributed by atoms with Crippen LogP contribution in [0.3, 0.4) is 0 Å². The molecule has 0 aromatic carbocycles. The van der Waals surface area contributed by atoms with Crippen molar-refractivity contribution in [1.82, 2.24) is 0 Å². The van der Waals surface area contributed by atoms with E-state index in [1.165, 1.54) is 44.9 Å². The Hall–Kier alpha value is -1.05. The summed E-state index contributed by atoms with van der Waals surface area (Å²) in [4.78, 5) is 10.3. The van der Waals surface area contributed by atoms with E-state index in [0.29, 0.717) is 6.42 Å². The van der Waals surface area contributed by atoms with Gasteiger partial charge < -0.3 is 5.11 Å². The van der Waals surface area contributed by atoms with Gasteiger partial charge in [0.25, 0.3) is 0 Å². The van der Waals surface area contributed by atoms with Crippen LogP contribution in [-0.2, 0) is 4.79 Å². The average molecular weight is 280 g/mol. The standard InChI is InChI=1S/C18H32O2/c1-2-3-4-5-6-7-8-9-10-11-12-13-14-15-16-17-18(19)20/h3-4,6-7H,2,5,8-17H2,1H3,(H,19,20)/b4-3-,7-6?. The zero-order valence-electron chi connectivity index (χ0n) is 13.2. The lowest BCUT2D eigenvalue weighted by Gasteiger charge is -2.00. The van der Waals surface area contributed by atoms with Crippen molar-refractivity contribution in [3.8, 4) is 0 Å². The van der Waals surface area contributed by atoms with E-state index in [1.54, 1.807) is 0 Å². The zero-order chi connectivity index (χ0) is 14.9. The van der Waals surface area contributed by atoms with Gasteiger partial charge in [0.15, 0.2) is 0 Å².